The first-order chi connectivity index (χ1) is 14.3. The van der Waals surface area contributed by atoms with Crippen molar-refractivity contribution in [3.8, 4) is 0 Å². The molecule has 170 valence electrons. The van der Waals surface area contributed by atoms with Crippen LogP contribution in [0, 0.1) is 5.92 Å². The molecular formula is C22H38IN5O2. The molecule has 7 nitrogen and oxygen atoms in total. The highest BCUT2D eigenvalue weighted by atomic mass is 127. The van der Waals surface area contributed by atoms with Gasteiger partial charge in [-0.3, -0.25) is 14.7 Å². The van der Waals surface area contributed by atoms with Gasteiger partial charge in [-0.25, -0.2) is 0 Å². The van der Waals surface area contributed by atoms with E-state index < -0.39 is 0 Å². The van der Waals surface area contributed by atoms with Crippen molar-refractivity contribution in [3.63, 3.8) is 0 Å². The number of likely N-dealkylation sites (tertiary alicyclic amines) is 1. The number of carbonyl (C=O) groups is 1. The molecule has 1 amide bonds. The molecule has 1 aliphatic heterocycles. The van der Waals surface area contributed by atoms with Crippen LogP contribution in [0.1, 0.15) is 63.2 Å². The lowest BCUT2D eigenvalue weighted by atomic mass is 9.87. The minimum Gasteiger partial charge on any atom is -0.468 e. The number of halogens is 1. The van der Waals surface area contributed by atoms with Gasteiger partial charge in [0.2, 0.25) is 5.91 Å². The third-order valence-electron chi connectivity index (χ3n) is 6.08. The first-order valence-corrected chi connectivity index (χ1v) is 11.2. The molecule has 2 aliphatic rings. The predicted molar refractivity (Wildman–Crippen MR) is 131 cm³/mol. The maximum absolute atomic E-state index is 12.1. The van der Waals surface area contributed by atoms with Crippen molar-refractivity contribution < 1.29 is 9.21 Å². The Morgan fingerprint density at radius 2 is 1.87 bits per heavy atom. The van der Waals surface area contributed by atoms with E-state index in [9.17, 15) is 4.79 Å². The fourth-order valence-electron chi connectivity index (χ4n) is 4.47. The molecule has 30 heavy (non-hydrogen) atoms. The van der Waals surface area contributed by atoms with Crippen LogP contribution in [0.25, 0.3) is 0 Å². The lowest BCUT2D eigenvalue weighted by molar-refractivity contribution is -0.122. The Labute approximate surface area is 197 Å². The minimum atomic E-state index is 0. The molecule has 0 aromatic carbocycles. The quantitative estimate of drug-likeness (QED) is 0.197. The number of nitrogens with zero attached hydrogens (tertiary/aromatic N) is 2. The summed E-state index contributed by atoms with van der Waals surface area (Å²) in [4.78, 5) is 18.9. The van der Waals surface area contributed by atoms with Crippen molar-refractivity contribution in [2.45, 2.75) is 57.4 Å². The van der Waals surface area contributed by atoms with Gasteiger partial charge in [-0.05, 0) is 56.8 Å². The molecule has 2 heterocycles. The van der Waals surface area contributed by atoms with E-state index in [1.807, 2.05) is 12.1 Å². The average molecular weight is 531 g/mol. The lowest BCUT2D eigenvalue weighted by Gasteiger charge is -2.26. The number of guanidine groups is 1. The number of amides is 1. The summed E-state index contributed by atoms with van der Waals surface area (Å²) in [5.41, 5.74) is 0. The number of carbonyl (C=O) groups excluding carboxylic acids is 1. The first-order valence-electron chi connectivity index (χ1n) is 11.2. The van der Waals surface area contributed by atoms with E-state index >= 15 is 0 Å². The maximum atomic E-state index is 12.1. The van der Waals surface area contributed by atoms with E-state index in [4.69, 9.17) is 4.42 Å². The van der Waals surface area contributed by atoms with Gasteiger partial charge in [0.05, 0.1) is 12.3 Å². The molecule has 0 radical (unpaired) electrons. The van der Waals surface area contributed by atoms with Crippen LogP contribution in [0.15, 0.2) is 27.8 Å². The zero-order valence-corrected chi connectivity index (χ0v) is 20.5. The van der Waals surface area contributed by atoms with Crippen LogP contribution in [-0.4, -0.2) is 56.5 Å². The summed E-state index contributed by atoms with van der Waals surface area (Å²) in [6.45, 7) is 4.21. The largest absolute Gasteiger partial charge is 0.468 e. The highest BCUT2D eigenvalue weighted by Crippen LogP contribution is 2.26. The minimum absolute atomic E-state index is 0. The highest BCUT2D eigenvalue weighted by Gasteiger charge is 2.25. The summed E-state index contributed by atoms with van der Waals surface area (Å²) in [5, 5.41) is 9.74. The second kappa shape index (κ2) is 13.9. The predicted octanol–water partition coefficient (Wildman–Crippen LogP) is 3.29. The Morgan fingerprint density at radius 3 is 2.53 bits per heavy atom. The molecule has 8 heteroatoms. The molecule has 3 rings (SSSR count). The van der Waals surface area contributed by atoms with Crippen LogP contribution in [0.3, 0.4) is 0 Å². The van der Waals surface area contributed by atoms with Gasteiger partial charge in [0.25, 0.3) is 0 Å². The summed E-state index contributed by atoms with van der Waals surface area (Å²) < 4.78 is 5.67. The van der Waals surface area contributed by atoms with Crippen molar-refractivity contribution in [3.05, 3.63) is 24.2 Å². The number of aliphatic imine (C=N–C) groups is 1. The third-order valence-corrected chi connectivity index (χ3v) is 6.08. The average Bonchev–Trinajstić information content (AvgIpc) is 3.45. The molecule has 0 spiro atoms. The van der Waals surface area contributed by atoms with Crippen LogP contribution in [0.4, 0.5) is 0 Å². The van der Waals surface area contributed by atoms with Crippen molar-refractivity contribution >= 4 is 35.8 Å². The van der Waals surface area contributed by atoms with E-state index in [2.05, 4.69) is 25.8 Å². The Kier molecular flexibility index (Phi) is 11.6. The van der Waals surface area contributed by atoms with Crippen molar-refractivity contribution in [2.75, 3.05) is 39.8 Å². The standard InChI is InChI=1S/C22H37N5O2.HI/c1-23-22(25-12-11-24-21(28)16-18-8-3-2-4-9-18)26-17-19(20-10-7-15-29-20)27-13-5-6-14-27;/h7,10,15,18-19H,2-6,8-9,11-14,16-17H2,1H3,(H,24,28)(H2,23,25,26);1H. The molecule has 1 atom stereocenters. The van der Waals surface area contributed by atoms with Gasteiger partial charge in [0.15, 0.2) is 5.96 Å². The molecular weight excluding hydrogens is 493 g/mol. The molecule has 1 unspecified atom stereocenters. The van der Waals surface area contributed by atoms with Crippen molar-refractivity contribution in [1.29, 1.82) is 0 Å². The first kappa shape index (κ1) is 25.0. The Morgan fingerprint density at radius 1 is 1.13 bits per heavy atom. The highest BCUT2D eigenvalue weighted by molar-refractivity contribution is 14.0. The van der Waals surface area contributed by atoms with Crippen LogP contribution >= 0.6 is 24.0 Å². The van der Waals surface area contributed by atoms with Crippen LogP contribution < -0.4 is 16.0 Å². The number of hydrogen-bond acceptors (Lipinski definition) is 4. The van der Waals surface area contributed by atoms with Crippen LogP contribution in [-0.2, 0) is 4.79 Å². The maximum Gasteiger partial charge on any atom is 0.220 e. The van der Waals surface area contributed by atoms with Crippen molar-refractivity contribution in [2.24, 2.45) is 10.9 Å². The number of nitrogens with one attached hydrogen (secondary N) is 3. The van der Waals surface area contributed by atoms with Gasteiger partial charge in [-0.15, -0.1) is 24.0 Å². The van der Waals surface area contributed by atoms with E-state index in [1.165, 1.54) is 44.9 Å². The second-order valence-corrected chi connectivity index (χ2v) is 8.21. The number of hydrogen-bond donors (Lipinski definition) is 3. The summed E-state index contributed by atoms with van der Waals surface area (Å²) in [5.74, 6) is 2.50. The van der Waals surface area contributed by atoms with Gasteiger partial charge < -0.3 is 20.4 Å². The van der Waals surface area contributed by atoms with Crippen LogP contribution in [0.2, 0.25) is 0 Å². The molecule has 1 aliphatic carbocycles. The summed E-state index contributed by atoms with van der Waals surface area (Å²) in [6, 6.07) is 4.20. The molecule has 1 saturated heterocycles. The molecule has 3 N–H and O–H groups in total. The normalized spacial score (nSPS) is 19.2. The molecule has 1 aromatic rings. The van der Waals surface area contributed by atoms with Gasteiger partial charge >= 0.3 is 0 Å². The van der Waals surface area contributed by atoms with Crippen LogP contribution in [0.5, 0.6) is 0 Å². The van der Waals surface area contributed by atoms with Gasteiger partial charge in [0.1, 0.15) is 5.76 Å². The summed E-state index contributed by atoms with van der Waals surface area (Å²) in [6.07, 6.45) is 11.2. The second-order valence-electron chi connectivity index (χ2n) is 8.21. The van der Waals surface area contributed by atoms with E-state index in [0.717, 1.165) is 31.4 Å². The van der Waals surface area contributed by atoms with Gasteiger partial charge in [-0.2, -0.15) is 0 Å². The topological polar surface area (TPSA) is 81.9 Å². The van der Waals surface area contributed by atoms with Gasteiger partial charge in [0, 0.05) is 33.1 Å². The molecule has 2 fully saturated rings. The number of furan rings is 1. The SMILES string of the molecule is CN=C(NCCNC(=O)CC1CCCCC1)NCC(c1ccco1)N1CCCC1.I. The Bertz CT molecular complexity index is 625. The molecule has 1 saturated carbocycles. The van der Waals surface area contributed by atoms with E-state index in [0.29, 0.717) is 25.4 Å². The fraction of sp³-hybridized carbons (Fsp3) is 0.727. The zero-order valence-electron chi connectivity index (χ0n) is 18.2. The Hall–Kier alpha value is -1.29. The molecule has 1 aromatic heterocycles. The fourth-order valence-corrected chi connectivity index (χ4v) is 4.47. The van der Waals surface area contributed by atoms with Crippen molar-refractivity contribution in [1.82, 2.24) is 20.9 Å². The summed E-state index contributed by atoms with van der Waals surface area (Å²) in [7, 11) is 1.77. The monoisotopic (exact) mass is 531 g/mol. The third kappa shape index (κ3) is 8.09. The zero-order chi connectivity index (χ0) is 20.3. The van der Waals surface area contributed by atoms with E-state index in [-0.39, 0.29) is 35.9 Å². The van der Waals surface area contributed by atoms with Gasteiger partial charge in [-0.1, -0.05) is 19.3 Å². The smallest absolute Gasteiger partial charge is 0.220 e. The van der Waals surface area contributed by atoms with E-state index in [1.54, 1.807) is 13.3 Å². The lowest BCUT2D eigenvalue weighted by Crippen LogP contribution is -2.44. The summed E-state index contributed by atoms with van der Waals surface area (Å²) >= 11 is 0. The molecule has 0 bridgehead atoms. The number of rotatable bonds is 9. The Balaban J connectivity index is 0.00000320.